The van der Waals surface area contributed by atoms with Crippen LogP contribution >= 0.6 is 0 Å². The fourth-order valence-electron chi connectivity index (χ4n) is 2.35. The van der Waals surface area contributed by atoms with Crippen molar-refractivity contribution in [2.75, 3.05) is 4.90 Å². The fraction of sp³-hybridized carbons (Fsp3) is 0.538. The monoisotopic (exact) mass is 234 g/mol. The van der Waals surface area contributed by atoms with Gasteiger partial charge in [0.25, 0.3) is 0 Å². The Labute approximate surface area is 101 Å². The van der Waals surface area contributed by atoms with Gasteiger partial charge < -0.3 is 5.11 Å². The molecule has 1 amide bonds. The highest BCUT2D eigenvalue weighted by molar-refractivity contribution is 5.88. The van der Waals surface area contributed by atoms with Crippen LogP contribution in [0, 0.1) is 12.3 Å². The summed E-state index contributed by atoms with van der Waals surface area (Å²) in [5, 5.41) is 9.35. The van der Waals surface area contributed by atoms with Crippen molar-refractivity contribution in [3.8, 4) is 0 Å². The molecule has 0 fully saturated rings. The number of hydrogen-bond donors (Lipinski definition) is 1. The molecule has 0 bridgehead atoms. The van der Waals surface area contributed by atoms with E-state index in [0.717, 1.165) is 17.5 Å². The molecular weight excluding hydrogens is 216 g/mol. The van der Waals surface area contributed by atoms with Crippen molar-refractivity contribution in [1.82, 2.24) is 4.98 Å². The molecule has 1 aliphatic rings. The Morgan fingerprint density at radius 3 is 2.71 bits per heavy atom. The van der Waals surface area contributed by atoms with Crippen molar-refractivity contribution in [2.45, 2.75) is 40.2 Å². The summed E-state index contributed by atoms with van der Waals surface area (Å²) in [7, 11) is 0. The summed E-state index contributed by atoms with van der Waals surface area (Å²) in [6.07, 6.45) is 1.56. The molecule has 4 heteroatoms. The molecule has 92 valence electrons. The fourth-order valence-corrected chi connectivity index (χ4v) is 2.35. The molecule has 0 aromatic carbocycles. The molecule has 1 unspecified atom stereocenters. The lowest BCUT2D eigenvalue weighted by Gasteiger charge is -2.32. The third-order valence-corrected chi connectivity index (χ3v) is 3.24. The molecule has 0 spiro atoms. The van der Waals surface area contributed by atoms with Crippen LogP contribution in [-0.2, 0) is 6.42 Å². The smallest absolute Gasteiger partial charge is 0.413 e. The van der Waals surface area contributed by atoms with Gasteiger partial charge in [-0.2, -0.15) is 0 Å². The van der Waals surface area contributed by atoms with Gasteiger partial charge in [-0.1, -0.05) is 26.8 Å². The predicted molar refractivity (Wildman–Crippen MR) is 66.4 cm³/mol. The average molecular weight is 234 g/mol. The van der Waals surface area contributed by atoms with E-state index in [0.29, 0.717) is 5.82 Å². The third-order valence-electron chi connectivity index (χ3n) is 3.24. The zero-order chi connectivity index (χ0) is 12.8. The van der Waals surface area contributed by atoms with E-state index in [-0.39, 0.29) is 11.5 Å². The van der Waals surface area contributed by atoms with Crippen LogP contribution in [-0.4, -0.2) is 22.2 Å². The van der Waals surface area contributed by atoms with Crippen LogP contribution < -0.4 is 4.90 Å². The number of fused-ring (bicyclic) bond motifs is 1. The Morgan fingerprint density at radius 1 is 1.53 bits per heavy atom. The first-order valence-corrected chi connectivity index (χ1v) is 5.78. The molecule has 17 heavy (non-hydrogen) atoms. The SMILES string of the molecule is Cc1cnc2c(c1)CC(C(C)(C)C)N2C(=O)O. The van der Waals surface area contributed by atoms with Crippen LogP contribution in [0.3, 0.4) is 0 Å². The van der Waals surface area contributed by atoms with E-state index < -0.39 is 6.09 Å². The highest BCUT2D eigenvalue weighted by Gasteiger charge is 2.41. The van der Waals surface area contributed by atoms with Crippen LogP contribution in [0.1, 0.15) is 31.9 Å². The predicted octanol–water partition coefficient (Wildman–Crippen LogP) is 2.85. The minimum atomic E-state index is -0.917. The number of hydrogen-bond acceptors (Lipinski definition) is 2. The van der Waals surface area contributed by atoms with Gasteiger partial charge in [-0.25, -0.2) is 9.78 Å². The van der Waals surface area contributed by atoms with Gasteiger partial charge in [-0.3, -0.25) is 4.90 Å². The van der Waals surface area contributed by atoms with Gasteiger partial charge in [0.15, 0.2) is 0 Å². The second-order valence-corrected chi connectivity index (χ2v) is 5.73. The maximum Gasteiger partial charge on any atom is 0.413 e. The number of nitrogens with zero attached hydrogens (tertiary/aromatic N) is 2. The Balaban J connectivity index is 2.48. The van der Waals surface area contributed by atoms with E-state index in [1.807, 2.05) is 13.0 Å². The molecule has 0 saturated carbocycles. The quantitative estimate of drug-likeness (QED) is 0.751. The summed E-state index contributed by atoms with van der Waals surface area (Å²) in [5.74, 6) is 0.600. The van der Waals surface area contributed by atoms with Crippen molar-refractivity contribution in [3.63, 3.8) is 0 Å². The molecule has 1 aromatic rings. The Kier molecular flexibility index (Phi) is 2.60. The number of carbonyl (C=O) groups is 1. The third kappa shape index (κ3) is 1.99. The van der Waals surface area contributed by atoms with Crippen molar-refractivity contribution in [1.29, 1.82) is 0 Å². The molecule has 2 rings (SSSR count). The molecule has 2 heterocycles. The molecular formula is C13H18N2O2. The van der Waals surface area contributed by atoms with Gasteiger partial charge in [-0.15, -0.1) is 0 Å². The van der Waals surface area contributed by atoms with Crippen LogP contribution in [0.25, 0.3) is 0 Å². The van der Waals surface area contributed by atoms with Crippen molar-refractivity contribution in [2.24, 2.45) is 5.41 Å². The maximum atomic E-state index is 11.4. The topological polar surface area (TPSA) is 53.4 Å². The van der Waals surface area contributed by atoms with E-state index in [2.05, 4.69) is 25.8 Å². The van der Waals surface area contributed by atoms with Gasteiger partial charge in [0.1, 0.15) is 5.82 Å². The summed E-state index contributed by atoms with van der Waals surface area (Å²) in [4.78, 5) is 17.1. The number of pyridine rings is 1. The van der Waals surface area contributed by atoms with E-state index in [9.17, 15) is 9.90 Å². The lowest BCUT2D eigenvalue weighted by Crippen LogP contribution is -2.45. The summed E-state index contributed by atoms with van der Waals surface area (Å²) < 4.78 is 0. The van der Waals surface area contributed by atoms with Gasteiger partial charge in [0, 0.05) is 6.20 Å². The molecule has 4 nitrogen and oxygen atoms in total. The average Bonchev–Trinajstić information content (AvgIpc) is 2.55. The second-order valence-electron chi connectivity index (χ2n) is 5.73. The Morgan fingerprint density at radius 2 is 2.18 bits per heavy atom. The van der Waals surface area contributed by atoms with E-state index in [4.69, 9.17) is 0 Å². The number of anilines is 1. The molecule has 1 aromatic heterocycles. The minimum absolute atomic E-state index is 0.0377. The van der Waals surface area contributed by atoms with Crippen LogP contribution in [0.4, 0.5) is 10.6 Å². The standard InChI is InChI=1S/C13H18N2O2/c1-8-5-9-6-10(13(2,3)4)15(12(16)17)11(9)14-7-8/h5,7,10H,6H2,1-4H3,(H,16,17). The molecule has 0 radical (unpaired) electrons. The van der Waals surface area contributed by atoms with Gasteiger partial charge >= 0.3 is 6.09 Å². The molecule has 0 aliphatic carbocycles. The minimum Gasteiger partial charge on any atom is -0.465 e. The lowest BCUT2D eigenvalue weighted by atomic mass is 9.84. The highest BCUT2D eigenvalue weighted by atomic mass is 16.4. The number of amides is 1. The summed E-state index contributed by atoms with van der Waals surface area (Å²) in [6.45, 7) is 8.16. The number of rotatable bonds is 0. The van der Waals surface area contributed by atoms with Gasteiger partial charge in [-0.05, 0) is 29.9 Å². The summed E-state index contributed by atoms with van der Waals surface area (Å²) in [6, 6.07) is 1.99. The van der Waals surface area contributed by atoms with E-state index in [1.165, 1.54) is 4.90 Å². The molecule has 1 atom stereocenters. The molecule has 0 saturated heterocycles. The summed E-state index contributed by atoms with van der Waals surface area (Å²) in [5.41, 5.74) is 2.02. The lowest BCUT2D eigenvalue weighted by molar-refractivity contribution is 0.191. The van der Waals surface area contributed by atoms with E-state index >= 15 is 0 Å². The largest absolute Gasteiger partial charge is 0.465 e. The second kappa shape index (κ2) is 3.72. The van der Waals surface area contributed by atoms with E-state index in [1.54, 1.807) is 6.20 Å². The van der Waals surface area contributed by atoms with Gasteiger partial charge in [0.2, 0.25) is 0 Å². The zero-order valence-electron chi connectivity index (χ0n) is 10.7. The number of aromatic nitrogens is 1. The van der Waals surface area contributed by atoms with Crippen LogP contribution in [0.15, 0.2) is 12.3 Å². The highest BCUT2D eigenvalue weighted by Crippen LogP contribution is 2.38. The number of carboxylic acid groups (broad SMARTS) is 1. The van der Waals surface area contributed by atoms with Gasteiger partial charge in [0.05, 0.1) is 6.04 Å². The van der Waals surface area contributed by atoms with Crippen molar-refractivity contribution in [3.05, 3.63) is 23.4 Å². The maximum absolute atomic E-state index is 11.4. The van der Waals surface area contributed by atoms with Crippen LogP contribution in [0.2, 0.25) is 0 Å². The van der Waals surface area contributed by atoms with Crippen molar-refractivity contribution >= 4 is 11.9 Å². The van der Waals surface area contributed by atoms with Crippen LogP contribution in [0.5, 0.6) is 0 Å². The van der Waals surface area contributed by atoms with Crippen molar-refractivity contribution < 1.29 is 9.90 Å². The first-order valence-electron chi connectivity index (χ1n) is 5.78. The number of aryl methyl sites for hydroxylation is 1. The zero-order valence-corrected chi connectivity index (χ0v) is 10.7. The summed E-state index contributed by atoms with van der Waals surface area (Å²) >= 11 is 0. The molecule has 1 N–H and O–H groups in total. The first-order chi connectivity index (χ1) is 7.80. The molecule has 1 aliphatic heterocycles. The Hall–Kier alpha value is -1.58. The first kappa shape index (κ1) is 11.9. The Bertz CT molecular complexity index is 463. The normalized spacial score (nSPS) is 19.3.